The second-order valence-corrected chi connectivity index (χ2v) is 3.93. The van der Waals surface area contributed by atoms with Gasteiger partial charge in [0.15, 0.2) is 4.77 Å². The molecule has 0 aromatic carbocycles. The van der Waals surface area contributed by atoms with Crippen molar-refractivity contribution in [2.24, 2.45) is 0 Å². The highest BCUT2D eigenvalue weighted by Crippen LogP contribution is 2.25. The SMILES string of the molecule is S=c1ncc2ncn(C3CCCO3)c2[nH]1. The van der Waals surface area contributed by atoms with Gasteiger partial charge in [-0.05, 0) is 25.1 Å². The molecule has 1 saturated heterocycles. The zero-order valence-electron chi connectivity index (χ0n) is 8.01. The Morgan fingerprint density at radius 3 is 3.27 bits per heavy atom. The first-order chi connectivity index (χ1) is 7.34. The van der Waals surface area contributed by atoms with Crippen molar-refractivity contribution in [2.45, 2.75) is 19.1 Å². The molecule has 0 amide bonds. The predicted molar refractivity (Wildman–Crippen MR) is 56.9 cm³/mol. The number of rotatable bonds is 1. The molecule has 0 aliphatic carbocycles. The summed E-state index contributed by atoms with van der Waals surface area (Å²) in [6.45, 7) is 0.816. The van der Waals surface area contributed by atoms with Gasteiger partial charge in [-0.1, -0.05) is 0 Å². The number of aromatic nitrogens is 4. The average molecular weight is 222 g/mol. The molecule has 2 aromatic rings. The molecule has 78 valence electrons. The summed E-state index contributed by atoms with van der Waals surface area (Å²) >= 11 is 4.99. The third kappa shape index (κ3) is 1.46. The number of imidazole rings is 1. The van der Waals surface area contributed by atoms with E-state index in [0.717, 1.165) is 30.6 Å². The van der Waals surface area contributed by atoms with Crippen LogP contribution in [0.1, 0.15) is 19.1 Å². The Morgan fingerprint density at radius 1 is 1.53 bits per heavy atom. The van der Waals surface area contributed by atoms with Crippen molar-refractivity contribution in [1.29, 1.82) is 0 Å². The summed E-state index contributed by atoms with van der Waals surface area (Å²) < 4.78 is 8.05. The number of nitrogens with one attached hydrogen (secondary N) is 1. The lowest BCUT2D eigenvalue weighted by Crippen LogP contribution is -2.06. The van der Waals surface area contributed by atoms with Crippen LogP contribution in [0.2, 0.25) is 0 Å². The van der Waals surface area contributed by atoms with Gasteiger partial charge in [0.25, 0.3) is 0 Å². The Morgan fingerprint density at radius 2 is 2.47 bits per heavy atom. The second kappa shape index (κ2) is 3.39. The van der Waals surface area contributed by atoms with Gasteiger partial charge in [-0.25, -0.2) is 9.97 Å². The summed E-state index contributed by atoms with van der Waals surface area (Å²) in [5.41, 5.74) is 1.71. The lowest BCUT2D eigenvalue weighted by atomic mass is 10.3. The van der Waals surface area contributed by atoms with Gasteiger partial charge in [-0.2, -0.15) is 0 Å². The van der Waals surface area contributed by atoms with Crippen molar-refractivity contribution in [3.63, 3.8) is 0 Å². The molecule has 6 heteroatoms. The molecule has 3 heterocycles. The lowest BCUT2D eigenvalue weighted by molar-refractivity contribution is 0.0593. The molecule has 1 N–H and O–H groups in total. The highest BCUT2D eigenvalue weighted by atomic mass is 32.1. The van der Waals surface area contributed by atoms with E-state index in [1.165, 1.54) is 0 Å². The number of ether oxygens (including phenoxy) is 1. The van der Waals surface area contributed by atoms with Crippen molar-refractivity contribution < 1.29 is 4.74 Å². The minimum Gasteiger partial charge on any atom is -0.358 e. The molecule has 1 unspecified atom stereocenters. The van der Waals surface area contributed by atoms with Crippen LogP contribution in [0, 0.1) is 4.77 Å². The summed E-state index contributed by atoms with van der Waals surface area (Å²) in [7, 11) is 0. The van der Waals surface area contributed by atoms with E-state index in [4.69, 9.17) is 17.0 Å². The van der Waals surface area contributed by atoms with Gasteiger partial charge in [0.05, 0.1) is 12.5 Å². The monoisotopic (exact) mass is 222 g/mol. The van der Waals surface area contributed by atoms with E-state index in [1.807, 2.05) is 4.57 Å². The smallest absolute Gasteiger partial charge is 0.198 e. The zero-order chi connectivity index (χ0) is 10.3. The minimum atomic E-state index is 0.0862. The standard InChI is InChI=1S/C9H10N4OS/c15-9-10-4-6-8(12-9)13(5-11-6)7-2-1-3-14-7/h4-5,7H,1-3H2,(H,10,12,15). The van der Waals surface area contributed by atoms with E-state index in [1.54, 1.807) is 12.5 Å². The molecule has 2 aromatic heterocycles. The molecule has 5 nitrogen and oxygen atoms in total. The highest BCUT2D eigenvalue weighted by molar-refractivity contribution is 7.71. The van der Waals surface area contributed by atoms with Gasteiger partial charge >= 0.3 is 0 Å². The van der Waals surface area contributed by atoms with Crippen LogP contribution in [0.3, 0.4) is 0 Å². The quantitative estimate of drug-likeness (QED) is 0.747. The fourth-order valence-corrected chi connectivity index (χ4v) is 2.00. The van der Waals surface area contributed by atoms with E-state index in [9.17, 15) is 0 Å². The Balaban J connectivity index is 2.17. The van der Waals surface area contributed by atoms with Gasteiger partial charge in [-0.15, -0.1) is 0 Å². The summed E-state index contributed by atoms with van der Waals surface area (Å²) in [6, 6.07) is 0. The highest BCUT2D eigenvalue weighted by Gasteiger charge is 2.19. The van der Waals surface area contributed by atoms with E-state index in [0.29, 0.717) is 4.77 Å². The average Bonchev–Trinajstić information content (AvgIpc) is 2.83. The van der Waals surface area contributed by atoms with Gasteiger partial charge in [0.1, 0.15) is 17.4 Å². The maximum absolute atomic E-state index is 5.59. The molecule has 1 aliphatic rings. The van der Waals surface area contributed by atoms with E-state index in [-0.39, 0.29) is 6.23 Å². The van der Waals surface area contributed by atoms with E-state index < -0.39 is 0 Å². The van der Waals surface area contributed by atoms with Crippen LogP contribution in [0.25, 0.3) is 11.2 Å². The summed E-state index contributed by atoms with van der Waals surface area (Å²) in [5, 5.41) is 0. The largest absolute Gasteiger partial charge is 0.358 e. The topological polar surface area (TPSA) is 55.7 Å². The lowest BCUT2D eigenvalue weighted by Gasteiger charge is -2.11. The van der Waals surface area contributed by atoms with Crippen LogP contribution >= 0.6 is 12.2 Å². The molecular formula is C9H10N4OS. The van der Waals surface area contributed by atoms with E-state index >= 15 is 0 Å². The van der Waals surface area contributed by atoms with Crippen LogP contribution in [-0.2, 0) is 4.74 Å². The number of hydrogen-bond donors (Lipinski definition) is 1. The zero-order valence-corrected chi connectivity index (χ0v) is 8.83. The van der Waals surface area contributed by atoms with Crippen molar-refractivity contribution in [3.05, 3.63) is 17.3 Å². The third-order valence-electron chi connectivity index (χ3n) is 2.57. The first-order valence-corrected chi connectivity index (χ1v) is 5.29. The summed E-state index contributed by atoms with van der Waals surface area (Å²) in [6.07, 6.45) is 5.65. The van der Waals surface area contributed by atoms with Gasteiger partial charge < -0.3 is 9.72 Å². The Bertz CT molecular complexity index is 540. The van der Waals surface area contributed by atoms with Crippen molar-refractivity contribution in [1.82, 2.24) is 19.5 Å². The number of H-pyrrole nitrogens is 1. The maximum Gasteiger partial charge on any atom is 0.198 e. The molecule has 15 heavy (non-hydrogen) atoms. The van der Waals surface area contributed by atoms with Crippen molar-refractivity contribution >= 4 is 23.4 Å². The Labute approximate surface area is 91.1 Å². The first-order valence-electron chi connectivity index (χ1n) is 4.88. The van der Waals surface area contributed by atoms with Crippen LogP contribution in [0.5, 0.6) is 0 Å². The molecule has 1 fully saturated rings. The molecule has 3 rings (SSSR count). The predicted octanol–water partition coefficient (Wildman–Crippen LogP) is 1.80. The first kappa shape index (κ1) is 8.99. The van der Waals surface area contributed by atoms with Crippen LogP contribution < -0.4 is 0 Å². The molecule has 0 radical (unpaired) electrons. The molecule has 0 bridgehead atoms. The van der Waals surface area contributed by atoms with Crippen LogP contribution in [0.15, 0.2) is 12.5 Å². The third-order valence-corrected chi connectivity index (χ3v) is 2.77. The molecule has 1 atom stereocenters. The maximum atomic E-state index is 5.59. The normalized spacial score (nSPS) is 21.2. The molecule has 0 saturated carbocycles. The van der Waals surface area contributed by atoms with Gasteiger partial charge in [-0.3, -0.25) is 4.57 Å². The van der Waals surface area contributed by atoms with Crippen molar-refractivity contribution in [3.8, 4) is 0 Å². The van der Waals surface area contributed by atoms with Gasteiger partial charge in [0, 0.05) is 6.61 Å². The molecular weight excluding hydrogens is 212 g/mol. The van der Waals surface area contributed by atoms with Crippen LogP contribution in [-0.4, -0.2) is 26.1 Å². The fraction of sp³-hybridized carbons (Fsp3) is 0.444. The molecule has 1 aliphatic heterocycles. The van der Waals surface area contributed by atoms with Gasteiger partial charge in [0.2, 0.25) is 0 Å². The van der Waals surface area contributed by atoms with E-state index in [2.05, 4.69) is 15.0 Å². The Hall–Kier alpha value is -1.27. The molecule has 0 spiro atoms. The summed E-state index contributed by atoms with van der Waals surface area (Å²) in [5.74, 6) is 0. The number of nitrogens with zero attached hydrogens (tertiary/aromatic N) is 3. The van der Waals surface area contributed by atoms with Crippen molar-refractivity contribution in [2.75, 3.05) is 6.61 Å². The summed E-state index contributed by atoms with van der Waals surface area (Å²) in [4.78, 5) is 11.3. The van der Waals surface area contributed by atoms with Crippen LogP contribution in [0.4, 0.5) is 0 Å². The minimum absolute atomic E-state index is 0.0862. The number of hydrogen-bond acceptors (Lipinski definition) is 4. The second-order valence-electron chi connectivity index (χ2n) is 3.54. The Kier molecular flexibility index (Phi) is 2.03. The fourth-order valence-electron chi connectivity index (χ4n) is 1.85. The number of fused-ring (bicyclic) bond motifs is 1. The number of aromatic amines is 1.